The number of amides is 1. The Morgan fingerprint density at radius 3 is 2.92 bits per heavy atom. The number of hydrogen-bond acceptors (Lipinski definition) is 2. The molecule has 2 N–H and O–H groups in total. The van der Waals surface area contributed by atoms with Crippen molar-refractivity contribution in [2.75, 3.05) is 27.2 Å². The number of likely N-dealkylation sites (N-methyl/N-ethyl adjacent to an activating group) is 1. The van der Waals surface area contributed by atoms with Gasteiger partial charge in [-0.25, -0.2) is 0 Å². The SMILES string of the molecule is COc1ccc(Br)cc1C[NH+](C)CC(=O)NCCC1=CCCCC1. The van der Waals surface area contributed by atoms with E-state index in [4.69, 9.17) is 4.74 Å². The van der Waals surface area contributed by atoms with Gasteiger partial charge in [0.1, 0.15) is 12.3 Å². The van der Waals surface area contributed by atoms with Gasteiger partial charge in [0.25, 0.3) is 5.91 Å². The smallest absolute Gasteiger partial charge is 0.275 e. The zero-order chi connectivity index (χ0) is 17.4. The van der Waals surface area contributed by atoms with Gasteiger partial charge in [0.15, 0.2) is 6.54 Å². The second-order valence-corrected chi connectivity index (χ2v) is 7.39. The molecule has 0 aromatic heterocycles. The second-order valence-electron chi connectivity index (χ2n) is 6.47. The van der Waals surface area contributed by atoms with E-state index in [1.54, 1.807) is 7.11 Å². The van der Waals surface area contributed by atoms with E-state index in [0.29, 0.717) is 6.54 Å². The Bertz CT molecular complexity index is 587. The lowest BCUT2D eigenvalue weighted by molar-refractivity contribution is -0.885. The fourth-order valence-electron chi connectivity index (χ4n) is 3.10. The molecule has 0 spiro atoms. The van der Waals surface area contributed by atoms with Crippen molar-refractivity contribution in [2.45, 2.75) is 38.6 Å². The average Bonchev–Trinajstić information content (AvgIpc) is 2.56. The molecular weight excluding hydrogens is 368 g/mol. The van der Waals surface area contributed by atoms with Crippen LogP contribution in [0.1, 0.15) is 37.7 Å². The predicted molar refractivity (Wildman–Crippen MR) is 100 cm³/mol. The molecule has 1 unspecified atom stereocenters. The van der Waals surface area contributed by atoms with Crippen molar-refractivity contribution < 1.29 is 14.4 Å². The number of nitrogens with one attached hydrogen (secondary N) is 2. The van der Waals surface area contributed by atoms with Gasteiger partial charge in [0.05, 0.1) is 14.2 Å². The van der Waals surface area contributed by atoms with Crippen molar-refractivity contribution in [3.63, 3.8) is 0 Å². The first-order chi connectivity index (χ1) is 11.6. The van der Waals surface area contributed by atoms with Gasteiger partial charge in [0, 0.05) is 16.6 Å². The van der Waals surface area contributed by atoms with Crippen LogP contribution in [0.25, 0.3) is 0 Å². The number of halogens is 1. The van der Waals surface area contributed by atoms with Crippen molar-refractivity contribution in [1.82, 2.24) is 5.32 Å². The van der Waals surface area contributed by atoms with Crippen LogP contribution in [0.5, 0.6) is 5.75 Å². The molecule has 0 heterocycles. The summed E-state index contributed by atoms with van der Waals surface area (Å²) < 4.78 is 6.42. The fourth-order valence-corrected chi connectivity index (χ4v) is 3.51. The summed E-state index contributed by atoms with van der Waals surface area (Å²) in [6.07, 6.45) is 8.33. The lowest BCUT2D eigenvalue weighted by Gasteiger charge is -2.17. The van der Waals surface area contributed by atoms with E-state index in [2.05, 4.69) is 33.4 Å². The molecule has 4 nitrogen and oxygen atoms in total. The molecule has 1 aromatic carbocycles. The molecule has 0 fully saturated rings. The zero-order valence-electron chi connectivity index (χ0n) is 14.7. The number of hydrogen-bond donors (Lipinski definition) is 2. The minimum Gasteiger partial charge on any atom is -0.496 e. The standard InChI is InChI=1S/C19H27BrN2O2/c1-22(13-16-12-17(20)8-9-18(16)24-2)14-19(23)21-11-10-15-6-4-3-5-7-15/h6,8-9,12H,3-5,7,10-11,13-14H2,1-2H3,(H,21,23)/p+1. The molecule has 0 saturated heterocycles. The van der Waals surface area contributed by atoms with E-state index < -0.39 is 0 Å². The number of benzene rings is 1. The van der Waals surface area contributed by atoms with E-state index in [1.165, 1.54) is 31.3 Å². The third-order valence-electron chi connectivity index (χ3n) is 4.35. The number of carbonyl (C=O) groups excluding carboxylic acids is 1. The van der Waals surface area contributed by atoms with Crippen molar-refractivity contribution in [1.29, 1.82) is 0 Å². The van der Waals surface area contributed by atoms with E-state index in [0.717, 1.165) is 40.2 Å². The van der Waals surface area contributed by atoms with Gasteiger partial charge >= 0.3 is 0 Å². The van der Waals surface area contributed by atoms with Crippen LogP contribution in [0.15, 0.2) is 34.3 Å². The summed E-state index contributed by atoms with van der Waals surface area (Å²) in [5, 5.41) is 3.05. The summed E-state index contributed by atoms with van der Waals surface area (Å²) in [4.78, 5) is 13.3. The maximum absolute atomic E-state index is 12.1. The molecule has 0 bridgehead atoms. The summed E-state index contributed by atoms with van der Waals surface area (Å²) in [7, 11) is 3.71. The average molecular weight is 396 g/mol. The highest BCUT2D eigenvalue weighted by Crippen LogP contribution is 2.22. The van der Waals surface area contributed by atoms with Crippen molar-refractivity contribution in [2.24, 2.45) is 0 Å². The first-order valence-corrected chi connectivity index (χ1v) is 9.46. The van der Waals surface area contributed by atoms with Crippen LogP contribution in [0.4, 0.5) is 0 Å². The number of allylic oxidation sites excluding steroid dienone is 1. The lowest BCUT2D eigenvalue weighted by Crippen LogP contribution is -3.08. The largest absolute Gasteiger partial charge is 0.496 e. The maximum Gasteiger partial charge on any atom is 0.275 e. The normalized spacial score (nSPS) is 15.5. The molecule has 5 heteroatoms. The number of ether oxygens (including phenoxy) is 1. The molecule has 1 amide bonds. The van der Waals surface area contributed by atoms with Crippen molar-refractivity contribution in [3.05, 3.63) is 39.9 Å². The number of methoxy groups -OCH3 is 1. The molecular formula is C19H28BrN2O2+. The molecule has 0 radical (unpaired) electrons. The van der Waals surface area contributed by atoms with Gasteiger partial charge in [-0.15, -0.1) is 0 Å². The summed E-state index contributed by atoms with van der Waals surface area (Å²) in [5.74, 6) is 0.972. The molecule has 1 aliphatic carbocycles. The van der Waals surface area contributed by atoms with Gasteiger partial charge in [0.2, 0.25) is 0 Å². The molecule has 0 aliphatic heterocycles. The Morgan fingerprint density at radius 2 is 2.21 bits per heavy atom. The summed E-state index contributed by atoms with van der Waals surface area (Å²) >= 11 is 3.49. The highest BCUT2D eigenvalue weighted by Gasteiger charge is 2.14. The summed E-state index contributed by atoms with van der Waals surface area (Å²) in [5.41, 5.74) is 2.60. The minimum atomic E-state index is 0.109. The Hall–Kier alpha value is -1.33. The molecule has 24 heavy (non-hydrogen) atoms. The molecule has 0 saturated carbocycles. The van der Waals surface area contributed by atoms with Gasteiger partial charge in [-0.05, 0) is 50.3 Å². The molecule has 2 rings (SSSR count). The zero-order valence-corrected chi connectivity index (χ0v) is 16.2. The van der Waals surface area contributed by atoms with Gasteiger partial charge in [-0.2, -0.15) is 0 Å². The first-order valence-electron chi connectivity index (χ1n) is 8.67. The van der Waals surface area contributed by atoms with E-state index >= 15 is 0 Å². The van der Waals surface area contributed by atoms with Gasteiger partial charge in [-0.1, -0.05) is 27.6 Å². The van der Waals surface area contributed by atoms with Crippen LogP contribution < -0.4 is 15.0 Å². The summed E-state index contributed by atoms with van der Waals surface area (Å²) in [6, 6.07) is 5.96. The fraction of sp³-hybridized carbons (Fsp3) is 0.526. The monoisotopic (exact) mass is 395 g/mol. The van der Waals surface area contributed by atoms with Crippen LogP contribution in [0, 0.1) is 0 Å². The topological polar surface area (TPSA) is 42.8 Å². The summed E-state index contributed by atoms with van der Waals surface area (Å²) in [6.45, 7) is 1.97. The number of carbonyl (C=O) groups is 1. The Balaban J connectivity index is 1.75. The van der Waals surface area contributed by atoms with E-state index in [9.17, 15) is 4.79 Å². The number of quaternary nitrogens is 1. The Kier molecular flexibility index (Phi) is 7.79. The Morgan fingerprint density at radius 1 is 1.38 bits per heavy atom. The van der Waals surface area contributed by atoms with Crippen LogP contribution >= 0.6 is 15.9 Å². The molecule has 1 aliphatic rings. The Labute approximate surface area is 153 Å². The van der Waals surface area contributed by atoms with Crippen molar-refractivity contribution in [3.8, 4) is 5.75 Å². The molecule has 132 valence electrons. The second kappa shape index (κ2) is 9.84. The van der Waals surface area contributed by atoms with Crippen LogP contribution in [-0.4, -0.2) is 33.2 Å². The van der Waals surface area contributed by atoms with E-state index in [-0.39, 0.29) is 5.91 Å². The molecule has 1 aromatic rings. The van der Waals surface area contributed by atoms with Gasteiger partial charge in [-0.3, -0.25) is 4.79 Å². The van der Waals surface area contributed by atoms with Crippen LogP contribution in [-0.2, 0) is 11.3 Å². The number of rotatable bonds is 8. The highest BCUT2D eigenvalue weighted by atomic mass is 79.9. The van der Waals surface area contributed by atoms with Crippen LogP contribution in [0.2, 0.25) is 0 Å². The third-order valence-corrected chi connectivity index (χ3v) is 4.84. The van der Waals surface area contributed by atoms with Gasteiger partial charge < -0.3 is 15.0 Å². The van der Waals surface area contributed by atoms with Crippen molar-refractivity contribution >= 4 is 21.8 Å². The predicted octanol–water partition coefficient (Wildman–Crippen LogP) is 2.48. The minimum absolute atomic E-state index is 0.109. The van der Waals surface area contributed by atoms with Crippen LogP contribution in [0.3, 0.4) is 0 Å². The van der Waals surface area contributed by atoms with E-state index in [1.807, 2.05) is 19.2 Å². The quantitative estimate of drug-likeness (QED) is 0.663. The first kappa shape index (κ1) is 19.0. The third kappa shape index (κ3) is 6.29. The maximum atomic E-state index is 12.1. The lowest BCUT2D eigenvalue weighted by atomic mass is 9.97. The molecule has 1 atom stereocenters. The highest BCUT2D eigenvalue weighted by molar-refractivity contribution is 9.10.